The van der Waals surface area contributed by atoms with Crippen LogP contribution in [0.5, 0.6) is 0 Å². The van der Waals surface area contributed by atoms with Gasteiger partial charge in [0.2, 0.25) is 5.70 Å². The van der Waals surface area contributed by atoms with Crippen molar-refractivity contribution in [2.45, 2.75) is 6.92 Å². The average molecular weight is 260 g/mol. The van der Waals surface area contributed by atoms with Crippen LogP contribution in [-0.4, -0.2) is 4.92 Å². The lowest BCUT2D eigenvalue weighted by Crippen LogP contribution is -1.93. The molecule has 14 heavy (non-hydrogen) atoms. The number of nitrogens with zero attached hydrogens (tertiary/aromatic N) is 1. The Kier molecular flexibility index (Phi) is 3.35. The SMILES string of the molecule is C/C(=C/c1ccc(Br)c(F)c1)[N+](=O)[O-]. The second kappa shape index (κ2) is 4.32. The Labute approximate surface area is 88.5 Å². The fraction of sp³-hybridized carbons (Fsp3) is 0.111. The van der Waals surface area contributed by atoms with Crippen LogP contribution in [0.25, 0.3) is 6.08 Å². The van der Waals surface area contributed by atoms with E-state index < -0.39 is 10.7 Å². The maximum Gasteiger partial charge on any atom is 0.243 e. The fourth-order valence-electron chi connectivity index (χ4n) is 0.896. The van der Waals surface area contributed by atoms with E-state index in [4.69, 9.17) is 0 Å². The zero-order valence-electron chi connectivity index (χ0n) is 7.33. The molecule has 0 aliphatic carbocycles. The Morgan fingerprint density at radius 1 is 1.64 bits per heavy atom. The van der Waals surface area contributed by atoms with E-state index in [2.05, 4.69) is 15.9 Å². The molecule has 5 heteroatoms. The van der Waals surface area contributed by atoms with Crippen molar-refractivity contribution < 1.29 is 9.31 Å². The molecule has 0 saturated carbocycles. The highest BCUT2D eigenvalue weighted by Gasteiger charge is 2.04. The summed E-state index contributed by atoms with van der Waals surface area (Å²) in [7, 11) is 0. The van der Waals surface area contributed by atoms with Gasteiger partial charge in [0.25, 0.3) is 0 Å². The molecule has 0 atom stereocenters. The molecule has 0 aromatic heterocycles. The van der Waals surface area contributed by atoms with E-state index >= 15 is 0 Å². The lowest BCUT2D eigenvalue weighted by Gasteiger charge is -1.96. The Balaban J connectivity index is 3.04. The molecule has 1 aromatic rings. The third-order valence-electron chi connectivity index (χ3n) is 1.61. The minimum atomic E-state index is -0.514. The summed E-state index contributed by atoms with van der Waals surface area (Å²) < 4.78 is 13.3. The minimum absolute atomic E-state index is 0.0216. The molecule has 0 N–H and O–H groups in total. The third-order valence-corrected chi connectivity index (χ3v) is 2.25. The molecule has 74 valence electrons. The van der Waals surface area contributed by atoms with E-state index in [1.807, 2.05) is 0 Å². The molecule has 3 nitrogen and oxygen atoms in total. The summed E-state index contributed by atoms with van der Waals surface area (Å²) in [6.07, 6.45) is 1.32. The summed E-state index contributed by atoms with van der Waals surface area (Å²) in [5, 5.41) is 10.3. The van der Waals surface area contributed by atoms with E-state index in [0.717, 1.165) is 0 Å². The van der Waals surface area contributed by atoms with Gasteiger partial charge in [0, 0.05) is 13.0 Å². The van der Waals surface area contributed by atoms with Crippen LogP contribution in [0.3, 0.4) is 0 Å². The van der Waals surface area contributed by atoms with E-state index in [9.17, 15) is 14.5 Å². The average Bonchev–Trinajstić information content (AvgIpc) is 2.11. The number of hydrogen-bond donors (Lipinski definition) is 0. The number of hydrogen-bond acceptors (Lipinski definition) is 2. The molecular formula is C9H7BrFNO2. The molecule has 0 radical (unpaired) electrons. The van der Waals surface area contributed by atoms with Crippen molar-refractivity contribution >= 4 is 22.0 Å². The first-order valence-corrected chi connectivity index (χ1v) is 4.58. The van der Waals surface area contributed by atoms with Gasteiger partial charge in [-0.2, -0.15) is 0 Å². The summed E-state index contributed by atoms with van der Waals surface area (Å²) in [6, 6.07) is 4.34. The summed E-state index contributed by atoms with van der Waals surface area (Å²) >= 11 is 2.99. The zero-order valence-corrected chi connectivity index (χ0v) is 8.92. The van der Waals surface area contributed by atoms with Crippen molar-refractivity contribution in [2.24, 2.45) is 0 Å². The van der Waals surface area contributed by atoms with Crippen molar-refractivity contribution in [1.29, 1.82) is 0 Å². The van der Waals surface area contributed by atoms with Gasteiger partial charge in [-0.25, -0.2) is 4.39 Å². The smallest absolute Gasteiger partial charge is 0.243 e. The largest absolute Gasteiger partial charge is 0.259 e. The fourth-order valence-corrected chi connectivity index (χ4v) is 1.14. The molecule has 1 aromatic carbocycles. The van der Waals surface area contributed by atoms with Gasteiger partial charge in [0.15, 0.2) is 0 Å². The van der Waals surface area contributed by atoms with Gasteiger partial charge in [-0.05, 0) is 33.6 Å². The highest BCUT2D eigenvalue weighted by atomic mass is 79.9. The van der Waals surface area contributed by atoms with E-state index in [1.165, 1.54) is 25.1 Å². The van der Waals surface area contributed by atoms with Crippen LogP contribution in [-0.2, 0) is 0 Å². The normalized spacial score (nSPS) is 11.5. The van der Waals surface area contributed by atoms with Gasteiger partial charge in [-0.1, -0.05) is 6.07 Å². The zero-order chi connectivity index (χ0) is 10.7. The molecule has 0 saturated heterocycles. The van der Waals surface area contributed by atoms with Crippen molar-refractivity contribution in [3.63, 3.8) is 0 Å². The summed E-state index contributed by atoms with van der Waals surface area (Å²) in [4.78, 5) is 9.78. The first kappa shape index (κ1) is 10.8. The van der Waals surface area contributed by atoms with Crippen LogP contribution in [0, 0.1) is 15.9 Å². The predicted octanol–water partition coefficient (Wildman–Crippen LogP) is 3.23. The van der Waals surface area contributed by atoms with Crippen LogP contribution in [0.15, 0.2) is 28.4 Å². The van der Waals surface area contributed by atoms with Crippen molar-refractivity contribution in [3.8, 4) is 0 Å². The Morgan fingerprint density at radius 2 is 2.29 bits per heavy atom. The molecule has 0 heterocycles. The van der Waals surface area contributed by atoms with E-state index in [-0.39, 0.29) is 5.70 Å². The monoisotopic (exact) mass is 259 g/mol. The lowest BCUT2D eigenvalue weighted by atomic mass is 10.2. The molecular weight excluding hydrogens is 253 g/mol. The number of allylic oxidation sites excluding steroid dienone is 1. The van der Waals surface area contributed by atoms with Gasteiger partial charge in [0.1, 0.15) is 5.82 Å². The number of benzene rings is 1. The standard InChI is InChI=1S/C9H7BrFNO2/c1-6(12(13)14)4-7-2-3-8(10)9(11)5-7/h2-5H,1H3/b6-4-. The Morgan fingerprint density at radius 3 is 2.79 bits per heavy atom. The van der Waals surface area contributed by atoms with Crippen LogP contribution < -0.4 is 0 Å². The summed E-state index contributed by atoms with van der Waals surface area (Å²) in [5.41, 5.74) is 0.451. The molecule has 0 unspecified atom stereocenters. The molecule has 0 fully saturated rings. The number of halogens is 2. The highest BCUT2D eigenvalue weighted by molar-refractivity contribution is 9.10. The summed E-state index contributed by atoms with van der Waals surface area (Å²) in [5.74, 6) is -0.435. The third kappa shape index (κ3) is 2.63. The molecule has 0 amide bonds. The second-order valence-electron chi connectivity index (χ2n) is 2.72. The number of rotatable bonds is 2. The second-order valence-corrected chi connectivity index (χ2v) is 3.57. The molecule has 1 rings (SSSR count). The van der Waals surface area contributed by atoms with Crippen LogP contribution in [0.2, 0.25) is 0 Å². The first-order valence-electron chi connectivity index (χ1n) is 3.78. The van der Waals surface area contributed by atoms with Gasteiger partial charge < -0.3 is 0 Å². The molecule has 0 aliphatic heterocycles. The van der Waals surface area contributed by atoms with Gasteiger partial charge in [-0.15, -0.1) is 0 Å². The maximum atomic E-state index is 13.0. The van der Waals surface area contributed by atoms with Gasteiger partial charge in [0.05, 0.1) is 9.40 Å². The predicted molar refractivity (Wildman–Crippen MR) is 54.7 cm³/mol. The van der Waals surface area contributed by atoms with Crippen molar-refractivity contribution in [3.05, 3.63) is 49.9 Å². The van der Waals surface area contributed by atoms with Crippen molar-refractivity contribution in [2.75, 3.05) is 0 Å². The molecule has 0 bridgehead atoms. The topological polar surface area (TPSA) is 43.1 Å². The van der Waals surface area contributed by atoms with Gasteiger partial charge >= 0.3 is 0 Å². The van der Waals surface area contributed by atoms with Gasteiger partial charge in [-0.3, -0.25) is 10.1 Å². The Bertz CT molecular complexity index is 404. The molecule has 0 aliphatic rings. The van der Waals surface area contributed by atoms with Crippen LogP contribution in [0.1, 0.15) is 12.5 Å². The summed E-state index contributed by atoms with van der Waals surface area (Å²) in [6.45, 7) is 1.36. The molecule has 0 spiro atoms. The Hall–Kier alpha value is -1.23. The van der Waals surface area contributed by atoms with E-state index in [0.29, 0.717) is 10.0 Å². The first-order chi connectivity index (χ1) is 6.50. The van der Waals surface area contributed by atoms with Crippen LogP contribution >= 0.6 is 15.9 Å². The highest BCUT2D eigenvalue weighted by Crippen LogP contribution is 2.17. The van der Waals surface area contributed by atoms with E-state index in [1.54, 1.807) is 6.07 Å². The van der Waals surface area contributed by atoms with Crippen LogP contribution in [0.4, 0.5) is 4.39 Å². The minimum Gasteiger partial charge on any atom is -0.259 e. The maximum absolute atomic E-state index is 13.0. The van der Waals surface area contributed by atoms with Crippen molar-refractivity contribution in [1.82, 2.24) is 0 Å². The lowest BCUT2D eigenvalue weighted by molar-refractivity contribution is -0.422. The quantitative estimate of drug-likeness (QED) is 0.605. The number of nitro groups is 1.